The van der Waals surface area contributed by atoms with Crippen LogP contribution in [0.3, 0.4) is 0 Å². The lowest BCUT2D eigenvalue weighted by Crippen LogP contribution is -2.03. The van der Waals surface area contributed by atoms with E-state index in [0.29, 0.717) is 40.1 Å². The lowest BCUT2D eigenvalue weighted by Gasteiger charge is -2.12. The molecule has 19 aromatic carbocycles. The summed E-state index contributed by atoms with van der Waals surface area (Å²) in [6.07, 6.45) is 0. The van der Waals surface area contributed by atoms with Crippen molar-refractivity contribution in [1.29, 1.82) is 0 Å². The highest BCUT2D eigenvalue weighted by Gasteiger charge is 2.31. The fourth-order valence-electron chi connectivity index (χ4n) is 21.0. The Labute approximate surface area is 785 Å². The molecule has 0 unspecified atom stereocenters. The van der Waals surface area contributed by atoms with Crippen molar-refractivity contribution in [3.8, 4) is 62.7 Å². The Morgan fingerprint density at radius 1 is 0.215 bits per heavy atom. The van der Waals surface area contributed by atoms with Crippen LogP contribution in [0.5, 0.6) is 0 Å². The predicted molar refractivity (Wildman–Crippen MR) is 564 cm³/mol. The number of benzene rings is 19. The molecule has 0 saturated carbocycles. The predicted octanol–water partition coefficient (Wildman–Crippen LogP) is 33.7. The van der Waals surface area contributed by atoms with Gasteiger partial charge in [-0.25, -0.2) is 29.9 Å². The van der Waals surface area contributed by atoms with Crippen molar-refractivity contribution in [3.63, 3.8) is 0 Å². The number of aromatic nitrogens is 9. The van der Waals surface area contributed by atoms with E-state index in [-0.39, 0.29) is 28.9 Å². The van der Waals surface area contributed by atoms with Crippen LogP contribution in [0.4, 0.5) is 0 Å². The first-order valence-electron chi connectivity index (χ1n) is 47.2. The van der Waals surface area contributed by atoms with Crippen LogP contribution in [-0.2, 0) is 0 Å². The van der Waals surface area contributed by atoms with Crippen molar-refractivity contribution in [1.82, 2.24) is 43.6 Å². The number of fused-ring (bicyclic) bond motifs is 39. The molecule has 0 fully saturated rings. The number of rotatable bonds is 7. The summed E-state index contributed by atoms with van der Waals surface area (Å²) in [6.45, 7) is 0. The smallest absolute Gasteiger partial charge is 0.236 e. The third kappa shape index (κ3) is 11.3. The summed E-state index contributed by atoms with van der Waals surface area (Å²) < 4.78 is 76.3. The van der Waals surface area contributed by atoms with Gasteiger partial charge in [0.25, 0.3) is 0 Å². The molecule has 12 nitrogen and oxygen atoms in total. The summed E-state index contributed by atoms with van der Waals surface area (Å²) in [5.74, 6) is 1.57. The molecule has 628 valence electrons. The molecule has 12 aromatic heterocycles. The van der Waals surface area contributed by atoms with Crippen LogP contribution in [0.15, 0.2) is 420 Å². The van der Waals surface area contributed by atoms with Crippen LogP contribution in [0.1, 0.15) is 6.85 Å². The SMILES string of the molecule is [2H]c1c([2H])c([2H])c(-c2nc(-n3c4ccccc4c4c5ccccc5c5sc6ccccc6c5c43)nc3c2oc2ccccc23)c([2H])c1[2H].c1ccc(-c2cccc(-c3nc(-n4c5ccccc5c5c6ccccc6c6sc7ccccc7c6c54)nc4c3oc3ccccc34)c2)cc1.c1ccc(-c2nc(-n3c4ccccc4c4c5ccccc5c5sc6ccccc6c5c43)nc3c2oc2ccccc23)cc1. The Hall–Kier alpha value is -17.3. The van der Waals surface area contributed by atoms with Crippen molar-refractivity contribution in [3.05, 3.63) is 406 Å². The van der Waals surface area contributed by atoms with E-state index in [1.807, 2.05) is 120 Å². The van der Waals surface area contributed by atoms with Crippen LogP contribution >= 0.6 is 34.0 Å². The Morgan fingerprint density at radius 3 is 0.874 bits per heavy atom. The molecule has 135 heavy (non-hydrogen) atoms. The molecular weight excluding hydrogens is 1710 g/mol. The average Bonchev–Trinajstić information content (AvgIpc) is 1.54. The third-order valence-electron chi connectivity index (χ3n) is 26.7. The van der Waals surface area contributed by atoms with Crippen LogP contribution in [0, 0.1) is 0 Å². The number of furan rings is 3. The second-order valence-electron chi connectivity index (χ2n) is 34.0. The number of thiophene rings is 3. The van der Waals surface area contributed by atoms with E-state index in [4.69, 9.17) is 50.0 Å². The summed E-state index contributed by atoms with van der Waals surface area (Å²) in [5, 5.41) is 24.1. The Balaban J connectivity index is 0.000000101. The minimum atomic E-state index is -0.468. The molecule has 0 spiro atoms. The number of para-hydroxylation sites is 6. The van der Waals surface area contributed by atoms with Crippen molar-refractivity contribution in [2.24, 2.45) is 0 Å². The van der Waals surface area contributed by atoms with Gasteiger partial charge in [-0.3, -0.25) is 13.7 Å². The molecule has 15 heteroatoms. The quantitative estimate of drug-likeness (QED) is 0.153. The molecule has 0 aliphatic rings. The lowest BCUT2D eigenvalue weighted by atomic mass is 10.00. The van der Waals surface area contributed by atoms with Crippen LogP contribution in [0.2, 0.25) is 0 Å². The summed E-state index contributed by atoms with van der Waals surface area (Å²) in [7, 11) is 0. The minimum absolute atomic E-state index is 0.0361. The largest absolute Gasteiger partial charge is 0.452 e. The Kier molecular flexibility index (Phi) is 15.5. The molecule has 12 heterocycles. The fraction of sp³-hybridized carbons (Fsp3) is 0. The van der Waals surface area contributed by atoms with Gasteiger partial charge in [0.15, 0.2) is 16.7 Å². The van der Waals surface area contributed by atoms with Crippen LogP contribution in [0.25, 0.3) is 287 Å². The Bertz CT molecular complexity index is 10800. The molecule has 0 atom stereocenters. The van der Waals surface area contributed by atoms with E-state index in [2.05, 4.69) is 293 Å². The Morgan fingerprint density at radius 2 is 0.496 bits per heavy atom. The molecule has 0 bridgehead atoms. The molecular formula is C120H67N9O3S3. The van der Waals surface area contributed by atoms with E-state index in [0.717, 1.165) is 137 Å². The van der Waals surface area contributed by atoms with Crippen molar-refractivity contribution < 1.29 is 20.1 Å². The topological polar surface area (TPSA) is 132 Å². The van der Waals surface area contributed by atoms with Gasteiger partial charge in [-0.15, -0.1) is 34.0 Å². The highest BCUT2D eigenvalue weighted by atomic mass is 32.1. The maximum absolute atomic E-state index is 8.88. The van der Waals surface area contributed by atoms with Gasteiger partial charge in [0.2, 0.25) is 17.8 Å². The molecule has 0 radical (unpaired) electrons. The average molecular weight is 1780 g/mol. The molecule has 31 rings (SSSR count). The maximum Gasteiger partial charge on any atom is 0.236 e. The summed E-state index contributed by atoms with van der Waals surface area (Å²) in [4.78, 5) is 31.7. The van der Waals surface area contributed by atoms with Crippen LogP contribution in [-0.4, -0.2) is 43.6 Å². The van der Waals surface area contributed by atoms with Crippen molar-refractivity contribution >= 4 is 258 Å². The van der Waals surface area contributed by atoms with Crippen molar-refractivity contribution in [2.75, 3.05) is 0 Å². The molecule has 31 aromatic rings. The van der Waals surface area contributed by atoms with E-state index in [1.165, 1.54) is 93.5 Å². The van der Waals surface area contributed by atoms with Gasteiger partial charge in [0.05, 0.1) is 40.0 Å². The zero-order chi connectivity index (χ0) is 92.5. The van der Waals surface area contributed by atoms with E-state index in [1.54, 1.807) is 11.3 Å². The molecule has 0 saturated heterocycles. The normalized spacial score (nSPS) is 12.7. The molecule has 0 aliphatic heterocycles. The number of nitrogens with zero attached hydrogens (tertiary/aromatic N) is 9. The monoisotopic (exact) mass is 1780 g/mol. The highest BCUT2D eigenvalue weighted by molar-refractivity contribution is 7.28. The van der Waals surface area contributed by atoms with Gasteiger partial charge < -0.3 is 13.3 Å². The van der Waals surface area contributed by atoms with Crippen molar-refractivity contribution in [2.45, 2.75) is 0 Å². The van der Waals surface area contributed by atoms with E-state index >= 15 is 0 Å². The van der Waals surface area contributed by atoms with Gasteiger partial charge in [-0.2, -0.15) is 0 Å². The number of hydrogen-bond acceptors (Lipinski definition) is 12. The first-order valence-corrected chi connectivity index (χ1v) is 47.2. The summed E-state index contributed by atoms with van der Waals surface area (Å²) >= 11 is 5.47. The third-order valence-corrected chi connectivity index (χ3v) is 30.3. The van der Waals surface area contributed by atoms with Crippen LogP contribution < -0.4 is 0 Å². The van der Waals surface area contributed by atoms with E-state index < -0.39 is 18.1 Å². The molecule has 0 aliphatic carbocycles. The summed E-state index contributed by atoms with van der Waals surface area (Å²) in [6, 6.07) is 128. The second-order valence-corrected chi connectivity index (χ2v) is 37.2. The first kappa shape index (κ1) is 70.5. The minimum Gasteiger partial charge on any atom is -0.452 e. The van der Waals surface area contributed by atoms with Gasteiger partial charge in [0, 0.05) is 142 Å². The van der Waals surface area contributed by atoms with Gasteiger partial charge in [-0.05, 0) is 106 Å². The first-order chi connectivity index (χ1) is 69.1. The highest BCUT2D eigenvalue weighted by Crippen LogP contribution is 2.54. The summed E-state index contributed by atoms with van der Waals surface area (Å²) in [5.41, 5.74) is 18.1. The zero-order valence-corrected chi connectivity index (χ0v) is 73.7. The standard InChI is InChI=1S/C44H25N3OS.2C38H21N3OS/c1-2-13-26(14-3-1)27-15-12-16-28(25-27)39-42-40(32-20-7-10-23-35(32)48-42)46-44(45-39)47-34-22-9-6-19-31(34)37-29-17-4-5-18-30(29)43-38(41(37)47)33-21-8-11-24-36(33)49-43;2*1-2-12-22(13-3-1)33-36-34(26-17-7-10-20-29(26)42-36)40-38(39-33)41-28-19-9-6-16-25(28)31-23-14-4-5-15-24(23)37-32(35(31)41)27-18-8-11-21-30(27)43-37/h1-25H;2*1-21H/i;1D,2D,3D,12D,13D;. The zero-order valence-electron chi connectivity index (χ0n) is 76.3. The molecule has 0 N–H and O–H groups in total. The van der Waals surface area contributed by atoms with E-state index in [9.17, 15) is 0 Å². The second kappa shape index (κ2) is 29.6. The van der Waals surface area contributed by atoms with Gasteiger partial charge in [0.1, 0.15) is 50.4 Å². The van der Waals surface area contributed by atoms with Gasteiger partial charge in [-0.1, -0.05) is 327 Å². The fourth-order valence-corrected chi connectivity index (χ4v) is 24.7. The maximum atomic E-state index is 8.88. The van der Waals surface area contributed by atoms with Gasteiger partial charge >= 0.3 is 0 Å². The molecule has 0 amide bonds. The number of hydrogen-bond donors (Lipinski definition) is 0. The lowest BCUT2D eigenvalue weighted by molar-refractivity contribution is 0.666.